The van der Waals surface area contributed by atoms with Gasteiger partial charge >= 0.3 is 0 Å². The molecule has 0 radical (unpaired) electrons. The molecule has 2 aliphatic heterocycles. The highest BCUT2D eigenvalue weighted by molar-refractivity contribution is 5.91. The zero-order valence-electron chi connectivity index (χ0n) is 10.8. The summed E-state index contributed by atoms with van der Waals surface area (Å²) < 4.78 is 5.44. The Kier molecular flexibility index (Phi) is 4.66. The maximum atomic E-state index is 11.9. The SMILES string of the molecule is Cl.O=C(CC1CCCN1)Nc1ccc2c(c1)CCO2. The smallest absolute Gasteiger partial charge is 0.225 e. The predicted octanol–water partition coefficient (Wildman–Crippen LogP) is 2.12. The molecular weight excluding hydrogens is 264 g/mol. The molecule has 0 saturated carbocycles. The Morgan fingerprint density at radius 2 is 2.37 bits per heavy atom. The molecule has 19 heavy (non-hydrogen) atoms. The van der Waals surface area contributed by atoms with Crippen molar-refractivity contribution in [1.82, 2.24) is 5.32 Å². The Morgan fingerprint density at radius 1 is 1.47 bits per heavy atom. The van der Waals surface area contributed by atoms with Crippen molar-refractivity contribution in [3.05, 3.63) is 23.8 Å². The second kappa shape index (κ2) is 6.26. The van der Waals surface area contributed by atoms with Gasteiger partial charge in [0.15, 0.2) is 0 Å². The fraction of sp³-hybridized carbons (Fsp3) is 0.500. The van der Waals surface area contributed by atoms with Gasteiger partial charge in [-0.25, -0.2) is 0 Å². The standard InChI is InChI=1S/C14H18N2O2.ClH/c17-14(9-11-2-1-6-15-11)16-12-3-4-13-10(8-12)5-7-18-13;/h3-4,8,11,15H,1-2,5-7,9H2,(H,16,17);1H. The molecule has 2 heterocycles. The number of halogens is 1. The van der Waals surface area contributed by atoms with Crippen LogP contribution in [0, 0.1) is 0 Å². The van der Waals surface area contributed by atoms with Crippen molar-refractivity contribution >= 4 is 24.0 Å². The van der Waals surface area contributed by atoms with E-state index >= 15 is 0 Å². The minimum atomic E-state index is 0. The second-order valence-corrected chi connectivity index (χ2v) is 4.97. The topological polar surface area (TPSA) is 50.4 Å². The van der Waals surface area contributed by atoms with Gasteiger partial charge in [-0.05, 0) is 43.1 Å². The fourth-order valence-corrected chi connectivity index (χ4v) is 2.63. The molecule has 5 heteroatoms. The molecule has 0 aromatic heterocycles. The molecule has 0 spiro atoms. The first-order valence-corrected chi connectivity index (χ1v) is 6.60. The van der Waals surface area contributed by atoms with Crippen LogP contribution in [0.1, 0.15) is 24.8 Å². The van der Waals surface area contributed by atoms with Crippen LogP contribution in [0.25, 0.3) is 0 Å². The van der Waals surface area contributed by atoms with Gasteiger partial charge in [0.1, 0.15) is 5.75 Å². The molecular formula is C14H19ClN2O2. The van der Waals surface area contributed by atoms with E-state index in [1.54, 1.807) is 0 Å². The number of anilines is 1. The zero-order valence-corrected chi connectivity index (χ0v) is 11.6. The largest absolute Gasteiger partial charge is 0.493 e. The highest BCUT2D eigenvalue weighted by atomic mass is 35.5. The second-order valence-electron chi connectivity index (χ2n) is 4.97. The van der Waals surface area contributed by atoms with Crippen LogP contribution in [0.4, 0.5) is 5.69 Å². The van der Waals surface area contributed by atoms with Crippen molar-refractivity contribution in [3.63, 3.8) is 0 Å². The summed E-state index contributed by atoms with van der Waals surface area (Å²) in [5.74, 6) is 1.04. The lowest BCUT2D eigenvalue weighted by Gasteiger charge is -2.11. The van der Waals surface area contributed by atoms with Crippen molar-refractivity contribution in [2.45, 2.75) is 31.7 Å². The summed E-state index contributed by atoms with van der Waals surface area (Å²) in [7, 11) is 0. The third-order valence-electron chi connectivity index (χ3n) is 3.57. The van der Waals surface area contributed by atoms with Gasteiger partial charge in [-0.2, -0.15) is 0 Å². The number of carbonyl (C=O) groups excluding carboxylic acids is 1. The third kappa shape index (κ3) is 3.39. The van der Waals surface area contributed by atoms with Crippen LogP contribution < -0.4 is 15.4 Å². The maximum Gasteiger partial charge on any atom is 0.225 e. The van der Waals surface area contributed by atoms with Gasteiger partial charge in [-0.3, -0.25) is 4.79 Å². The molecule has 1 aromatic rings. The number of fused-ring (bicyclic) bond motifs is 1. The summed E-state index contributed by atoms with van der Waals surface area (Å²) in [4.78, 5) is 11.9. The Hall–Kier alpha value is -1.26. The number of hydrogen-bond acceptors (Lipinski definition) is 3. The minimum absolute atomic E-state index is 0. The van der Waals surface area contributed by atoms with Gasteiger partial charge in [0.25, 0.3) is 0 Å². The van der Waals surface area contributed by atoms with Gasteiger partial charge in [0.2, 0.25) is 5.91 Å². The highest BCUT2D eigenvalue weighted by Gasteiger charge is 2.18. The number of nitrogens with one attached hydrogen (secondary N) is 2. The molecule has 2 aliphatic rings. The number of carbonyl (C=O) groups is 1. The number of benzene rings is 1. The maximum absolute atomic E-state index is 11.9. The van der Waals surface area contributed by atoms with Crippen molar-refractivity contribution in [3.8, 4) is 5.75 Å². The molecule has 4 nitrogen and oxygen atoms in total. The highest BCUT2D eigenvalue weighted by Crippen LogP contribution is 2.27. The van der Waals surface area contributed by atoms with Crippen LogP contribution in [0.3, 0.4) is 0 Å². The normalized spacial score (nSPS) is 20.3. The first-order valence-electron chi connectivity index (χ1n) is 6.60. The molecule has 2 N–H and O–H groups in total. The fourth-order valence-electron chi connectivity index (χ4n) is 2.63. The van der Waals surface area contributed by atoms with Crippen LogP contribution in [0.2, 0.25) is 0 Å². The van der Waals surface area contributed by atoms with Gasteiger partial charge in [-0.15, -0.1) is 12.4 Å². The van der Waals surface area contributed by atoms with Gasteiger partial charge in [-0.1, -0.05) is 0 Å². The van der Waals surface area contributed by atoms with Gasteiger partial charge < -0.3 is 15.4 Å². The van der Waals surface area contributed by atoms with E-state index in [2.05, 4.69) is 10.6 Å². The minimum Gasteiger partial charge on any atom is -0.493 e. The Bertz CT molecular complexity index is 459. The molecule has 1 saturated heterocycles. The summed E-state index contributed by atoms with van der Waals surface area (Å²) in [6.07, 6.45) is 3.77. The van der Waals surface area contributed by atoms with E-state index < -0.39 is 0 Å². The van der Waals surface area contributed by atoms with E-state index in [1.165, 1.54) is 12.0 Å². The molecule has 0 bridgehead atoms. The molecule has 1 fully saturated rings. The number of amides is 1. The van der Waals surface area contributed by atoms with Crippen LogP contribution in [0.5, 0.6) is 5.75 Å². The van der Waals surface area contributed by atoms with Crippen LogP contribution in [-0.4, -0.2) is 25.1 Å². The molecule has 0 aliphatic carbocycles. The van der Waals surface area contributed by atoms with Crippen LogP contribution in [0.15, 0.2) is 18.2 Å². The predicted molar refractivity (Wildman–Crippen MR) is 77.2 cm³/mol. The van der Waals surface area contributed by atoms with E-state index in [-0.39, 0.29) is 18.3 Å². The van der Waals surface area contributed by atoms with E-state index in [0.717, 1.165) is 37.4 Å². The van der Waals surface area contributed by atoms with E-state index in [0.29, 0.717) is 12.5 Å². The number of rotatable bonds is 3. The lowest BCUT2D eigenvalue weighted by atomic mass is 10.1. The quantitative estimate of drug-likeness (QED) is 0.893. The third-order valence-corrected chi connectivity index (χ3v) is 3.57. The lowest BCUT2D eigenvalue weighted by molar-refractivity contribution is -0.116. The first-order chi connectivity index (χ1) is 8.81. The van der Waals surface area contributed by atoms with Gasteiger partial charge in [0.05, 0.1) is 6.61 Å². The van der Waals surface area contributed by atoms with E-state index in [9.17, 15) is 4.79 Å². The Balaban J connectivity index is 0.00000133. The van der Waals surface area contributed by atoms with Crippen LogP contribution >= 0.6 is 12.4 Å². The number of ether oxygens (including phenoxy) is 1. The average molecular weight is 283 g/mol. The molecule has 104 valence electrons. The number of hydrogen-bond donors (Lipinski definition) is 2. The van der Waals surface area contributed by atoms with Crippen molar-refractivity contribution in [2.24, 2.45) is 0 Å². The Labute approximate surface area is 119 Å². The van der Waals surface area contributed by atoms with Crippen molar-refractivity contribution in [1.29, 1.82) is 0 Å². The summed E-state index contributed by atoms with van der Waals surface area (Å²) in [5, 5.41) is 6.30. The monoisotopic (exact) mass is 282 g/mol. The molecule has 1 unspecified atom stereocenters. The molecule has 1 amide bonds. The summed E-state index contributed by atoms with van der Waals surface area (Å²) in [6, 6.07) is 6.21. The molecule has 1 atom stereocenters. The first kappa shape index (κ1) is 14.2. The van der Waals surface area contributed by atoms with Gasteiger partial charge in [0, 0.05) is 24.6 Å². The van der Waals surface area contributed by atoms with Crippen LogP contribution in [-0.2, 0) is 11.2 Å². The summed E-state index contributed by atoms with van der Waals surface area (Å²) in [6.45, 7) is 1.78. The Morgan fingerprint density at radius 3 is 3.16 bits per heavy atom. The van der Waals surface area contributed by atoms with Crippen molar-refractivity contribution in [2.75, 3.05) is 18.5 Å². The summed E-state index contributed by atoms with van der Waals surface area (Å²) in [5.41, 5.74) is 2.06. The molecule has 1 aromatic carbocycles. The average Bonchev–Trinajstić information content (AvgIpc) is 2.98. The summed E-state index contributed by atoms with van der Waals surface area (Å²) >= 11 is 0. The van der Waals surface area contributed by atoms with Crippen molar-refractivity contribution < 1.29 is 9.53 Å². The zero-order chi connectivity index (χ0) is 12.4. The lowest BCUT2D eigenvalue weighted by Crippen LogP contribution is -2.27. The van der Waals surface area contributed by atoms with E-state index in [4.69, 9.17) is 4.74 Å². The van der Waals surface area contributed by atoms with E-state index in [1.807, 2.05) is 18.2 Å². The molecule has 3 rings (SSSR count).